The minimum Gasteiger partial charge on any atom is -0.126 e. The van der Waals surface area contributed by atoms with Gasteiger partial charge in [-0.3, -0.25) is 0 Å². The molecular weight excluding hydrogens is 287 g/mol. The second kappa shape index (κ2) is 7.15. The summed E-state index contributed by atoms with van der Waals surface area (Å²) in [5.74, 6) is 1.11. The lowest BCUT2D eigenvalue weighted by Gasteiger charge is -2.15. The summed E-state index contributed by atoms with van der Waals surface area (Å²) in [5.41, 5.74) is 5.30. The van der Waals surface area contributed by atoms with E-state index in [0.29, 0.717) is 11.8 Å². The number of aryl methyl sites for hydroxylation is 2. The third-order valence-corrected chi connectivity index (χ3v) is 4.40. The van der Waals surface area contributed by atoms with E-state index in [4.69, 9.17) is 23.2 Å². The first-order valence-electron chi connectivity index (χ1n) is 6.95. The number of benzene rings is 2. The summed E-state index contributed by atoms with van der Waals surface area (Å²) in [5, 5.41) is 0.794. The molecule has 0 aliphatic heterocycles. The largest absolute Gasteiger partial charge is 0.126 e. The molecule has 0 bridgehead atoms. The highest BCUT2D eigenvalue weighted by Gasteiger charge is 2.10. The second-order valence-electron chi connectivity index (χ2n) is 5.48. The van der Waals surface area contributed by atoms with Crippen LogP contribution in [0.3, 0.4) is 0 Å². The highest BCUT2D eigenvalue weighted by Crippen LogP contribution is 2.20. The van der Waals surface area contributed by atoms with Crippen molar-refractivity contribution in [3.05, 3.63) is 69.7 Å². The zero-order chi connectivity index (χ0) is 14.5. The first-order chi connectivity index (χ1) is 9.58. The number of halogens is 2. The molecule has 2 heteroatoms. The van der Waals surface area contributed by atoms with Gasteiger partial charge in [0.15, 0.2) is 0 Å². The molecule has 2 rings (SSSR count). The van der Waals surface area contributed by atoms with Crippen LogP contribution in [0.5, 0.6) is 0 Å². The molecule has 2 aromatic rings. The van der Waals surface area contributed by atoms with Crippen LogP contribution in [0.2, 0.25) is 5.02 Å². The van der Waals surface area contributed by atoms with Crippen molar-refractivity contribution in [1.29, 1.82) is 0 Å². The van der Waals surface area contributed by atoms with Gasteiger partial charge in [-0.05, 0) is 67.0 Å². The quantitative estimate of drug-likeness (QED) is 0.631. The molecule has 0 aliphatic carbocycles. The van der Waals surface area contributed by atoms with Crippen molar-refractivity contribution in [1.82, 2.24) is 0 Å². The van der Waals surface area contributed by atoms with Gasteiger partial charge >= 0.3 is 0 Å². The van der Waals surface area contributed by atoms with E-state index in [1.165, 1.54) is 22.3 Å². The normalized spacial score (nSPS) is 12.4. The van der Waals surface area contributed by atoms with Crippen molar-refractivity contribution in [2.45, 2.75) is 26.7 Å². The molecule has 1 atom stereocenters. The Morgan fingerprint density at radius 1 is 0.900 bits per heavy atom. The summed E-state index contributed by atoms with van der Waals surface area (Å²) in [6, 6.07) is 14.7. The SMILES string of the molecule is Cc1ccc(CC(CCl)Cc2cccc(Cl)c2)cc1C. The lowest BCUT2D eigenvalue weighted by molar-refractivity contribution is 0.584. The zero-order valence-corrected chi connectivity index (χ0v) is 13.5. The van der Waals surface area contributed by atoms with Gasteiger partial charge in [0.1, 0.15) is 0 Å². The van der Waals surface area contributed by atoms with Gasteiger partial charge in [0.05, 0.1) is 0 Å². The molecule has 0 aliphatic rings. The molecule has 2 aromatic carbocycles. The third-order valence-electron chi connectivity index (χ3n) is 3.73. The van der Waals surface area contributed by atoms with Gasteiger partial charge in [-0.15, -0.1) is 11.6 Å². The van der Waals surface area contributed by atoms with Gasteiger partial charge in [-0.25, -0.2) is 0 Å². The maximum absolute atomic E-state index is 6.15. The van der Waals surface area contributed by atoms with E-state index in [1.807, 2.05) is 18.2 Å². The molecule has 106 valence electrons. The van der Waals surface area contributed by atoms with E-state index < -0.39 is 0 Å². The van der Waals surface area contributed by atoms with Crippen LogP contribution in [0.25, 0.3) is 0 Å². The second-order valence-corrected chi connectivity index (χ2v) is 6.22. The van der Waals surface area contributed by atoms with Crippen molar-refractivity contribution >= 4 is 23.2 Å². The van der Waals surface area contributed by atoms with Crippen LogP contribution < -0.4 is 0 Å². The molecule has 0 fully saturated rings. The number of hydrogen-bond donors (Lipinski definition) is 0. The van der Waals surface area contributed by atoms with Crippen molar-refractivity contribution in [3.8, 4) is 0 Å². The van der Waals surface area contributed by atoms with Crippen LogP contribution in [0.4, 0.5) is 0 Å². The Bertz CT molecular complexity index is 575. The Hall–Kier alpha value is -0.980. The molecule has 0 heterocycles. The predicted octanol–water partition coefficient (Wildman–Crippen LogP) is 5.60. The van der Waals surface area contributed by atoms with Crippen molar-refractivity contribution in [3.63, 3.8) is 0 Å². The fraction of sp³-hybridized carbons (Fsp3) is 0.333. The van der Waals surface area contributed by atoms with Crippen molar-refractivity contribution in [2.24, 2.45) is 5.92 Å². The topological polar surface area (TPSA) is 0 Å². The van der Waals surface area contributed by atoms with Gasteiger partial charge in [-0.1, -0.05) is 41.9 Å². The molecule has 0 N–H and O–H groups in total. The van der Waals surface area contributed by atoms with E-state index in [-0.39, 0.29) is 0 Å². The molecule has 1 unspecified atom stereocenters. The molecule has 0 radical (unpaired) electrons. The van der Waals surface area contributed by atoms with Crippen LogP contribution >= 0.6 is 23.2 Å². The van der Waals surface area contributed by atoms with Gasteiger partial charge in [-0.2, -0.15) is 0 Å². The minimum atomic E-state index is 0.442. The maximum Gasteiger partial charge on any atom is 0.0408 e. The van der Waals surface area contributed by atoms with E-state index >= 15 is 0 Å². The number of alkyl halides is 1. The highest BCUT2D eigenvalue weighted by atomic mass is 35.5. The first kappa shape index (κ1) is 15.4. The van der Waals surface area contributed by atoms with Gasteiger partial charge in [0, 0.05) is 10.9 Å². The van der Waals surface area contributed by atoms with Crippen LogP contribution in [0.15, 0.2) is 42.5 Å². The van der Waals surface area contributed by atoms with Crippen LogP contribution in [-0.4, -0.2) is 5.88 Å². The average molecular weight is 307 g/mol. The first-order valence-corrected chi connectivity index (χ1v) is 7.86. The maximum atomic E-state index is 6.15. The van der Waals surface area contributed by atoms with Gasteiger partial charge in [0.2, 0.25) is 0 Å². The van der Waals surface area contributed by atoms with Gasteiger partial charge in [0.25, 0.3) is 0 Å². The number of rotatable bonds is 5. The summed E-state index contributed by atoms with van der Waals surface area (Å²) in [7, 11) is 0. The Balaban J connectivity index is 2.07. The van der Waals surface area contributed by atoms with Crippen LogP contribution in [0.1, 0.15) is 22.3 Å². The van der Waals surface area contributed by atoms with Crippen molar-refractivity contribution < 1.29 is 0 Å². The lowest BCUT2D eigenvalue weighted by atomic mass is 9.93. The summed E-state index contributed by atoms with van der Waals surface area (Å²) in [4.78, 5) is 0. The molecule has 0 nitrogen and oxygen atoms in total. The Kier molecular flexibility index (Phi) is 5.51. The van der Waals surface area contributed by atoms with Crippen LogP contribution in [0, 0.1) is 19.8 Å². The standard InChI is InChI=1S/C18H20Cl2/c1-13-6-7-16(8-14(13)2)10-17(12-19)9-15-4-3-5-18(20)11-15/h3-8,11,17H,9-10,12H2,1-2H3. The molecule has 0 saturated carbocycles. The Morgan fingerprint density at radius 3 is 2.20 bits per heavy atom. The third kappa shape index (κ3) is 4.26. The van der Waals surface area contributed by atoms with E-state index in [2.05, 4.69) is 38.1 Å². The highest BCUT2D eigenvalue weighted by molar-refractivity contribution is 6.30. The molecule has 0 amide bonds. The minimum absolute atomic E-state index is 0.442. The lowest BCUT2D eigenvalue weighted by Crippen LogP contribution is -2.10. The molecule has 0 aromatic heterocycles. The van der Waals surface area contributed by atoms with Crippen molar-refractivity contribution in [2.75, 3.05) is 5.88 Å². The van der Waals surface area contributed by atoms with Gasteiger partial charge < -0.3 is 0 Å². The summed E-state index contributed by atoms with van der Waals surface area (Å²) in [6.07, 6.45) is 1.98. The summed E-state index contributed by atoms with van der Waals surface area (Å²) >= 11 is 12.2. The fourth-order valence-corrected chi connectivity index (χ4v) is 2.87. The molecule has 0 saturated heterocycles. The monoisotopic (exact) mass is 306 g/mol. The summed E-state index contributed by atoms with van der Waals surface area (Å²) < 4.78 is 0. The summed E-state index contributed by atoms with van der Waals surface area (Å²) in [6.45, 7) is 4.30. The zero-order valence-electron chi connectivity index (χ0n) is 12.0. The predicted molar refractivity (Wildman–Crippen MR) is 89.0 cm³/mol. The molecule has 0 spiro atoms. The molecular formula is C18H20Cl2. The van der Waals surface area contributed by atoms with E-state index in [9.17, 15) is 0 Å². The van der Waals surface area contributed by atoms with E-state index in [0.717, 1.165) is 17.9 Å². The average Bonchev–Trinajstić information content (AvgIpc) is 2.42. The van der Waals surface area contributed by atoms with Crippen LogP contribution in [-0.2, 0) is 12.8 Å². The Labute approximate surface area is 131 Å². The smallest absolute Gasteiger partial charge is 0.0408 e. The fourth-order valence-electron chi connectivity index (χ4n) is 2.44. The number of hydrogen-bond acceptors (Lipinski definition) is 0. The van der Waals surface area contributed by atoms with E-state index in [1.54, 1.807) is 0 Å². The molecule has 20 heavy (non-hydrogen) atoms. The Morgan fingerprint density at radius 2 is 1.60 bits per heavy atom.